The van der Waals surface area contributed by atoms with E-state index in [-0.39, 0.29) is 38.0 Å². The number of rotatable bonds is 62. The van der Waals surface area contributed by atoms with E-state index >= 15 is 0 Å². The molecule has 6 heteroatoms. The van der Waals surface area contributed by atoms with Crippen LogP contribution in [0.1, 0.15) is 316 Å². The molecule has 1 unspecified atom stereocenters. The van der Waals surface area contributed by atoms with Gasteiger partial charge in [-0.1, -0.05) is 315 Å². The molecule has 0 aromatic rings. The summed E-state index contributed by atoms with van der Waals surface area (Å²) in [6.45, 7) is 6.32. The lowest BCUT2D eigenvalue weighted by molar-refractivity contribution is -0.166. The molecule has 0 aliphatic carbocycles. The van der Waals surface area contributed by atoms with Crippen molar-refractivity contribution in [1.29, 1.82) is 0 Å². The fraction of sp³-hybridized carbons (Fsp3) is 0.675. The molecule has 0 radical (unpaired) electrons. The molecule has 0 bridgehead atoms. The minimum Gasteiger partial charge on any atom is -0.462 e. The van der Waals surface area contributed by atoms with Gasteiger partial charge in [-0.15, -0.1) is 0 Å². The van der Waals surface area contributed by atoms with Crippen molar-refractivity contribution in [3.63, 3.8) is 0 Å². The first-order chi connectivity index (χ1) is 41.0. The van der Waals surface area contributed by atoms with Gasteiger partial charge in [0.25, 0.3) is 0 Å². The number of carbonyl (C=O) groups excluding carboxylic acids is 3. The van der Waals surface area contributed by atoms with Crippen molar-refractivity contribution in [1.82, 2.24) is 0 Å². The predicted octanol–water partition coefficient (Wildman–Crippen LogP) is 24.1. The summed E-state index contributed by atoms with van der Waals surface area (Å²) in [4.78, 5) is 38.3. The van der Waals surface area contributed by atoms with Crippen molar-refractivity contribution in [2.24, 2.45) is 0 Å². The Morgan fingerprint density at radius 3 is 0.843 bits per heavy atom. The van der Waals surface area contributed by atoms with Crippen molar-refractivity contribution in [2.45, 2.75) is 322 Å². The number of carbonyl (C=O) groups is 3. The van der Waals surface area contributed by atoms with Crippen LogP contribution in [0, 0.1) is 0 Å². The molecule has 472 valence electrons. The van der Waals surface area contributed by atoms with Crippen molar-refractivity contribution in [3.8, 4) is 0 Å². The molecular weight excluding hydrogens is 1020 g/mol. The highest BCUT2D eigenvalue weighted by Crippen LogP contribution is 2.17. The zero-order valence-corrected chi connectivity index (χ0v) is 54.2. The molecule has 0 amide bonds. The Kier molecular flexibility index (Phi) is 66.3. The van der Waals surface area contributed by atoms with E-state index in [4.69, 9.17) is 14.2 Å². The Bertz CT molecular complexity index is 1750. The monoisotopic (exact) mass is 1150 g/mol. The summed E-state index contributed by atoms with van der Waals surface area (Å²) in [6.07, 6.45) is 99.4. The van der Waals surface area contributed by atoms with Crippen LogP contribution in [0.5, 0.6) is 0 Å². The predicted molar refractivity (Wildman–Crippen MR) is 362 cm³/mol. The standard InChI is InChI=1S/C77H128O6/c1-4-7-10-13-16-19-22-25-28-30-32-33-34-35-36-37-38-39-40-41-42-43-45-46-49-52-55-58-61-64-67-70-76(79)82-73-74(72-81-75(78)69-66-63-60-57-54-51-48-27-24-21-18-15-12-9-6-3)83-77(80)71-68-65-62-59-56-53-50-47-44-31-29-26-23-20-17-14-11-8-5-2/h8-9,11-12,17-18,20-22,25-27,29-30,32,44,47-48,54,57,63,66,74H,4-7,10,13-16,19,23-24,28,31,33-43,45-46,49-53,55-56,58-62,64-65,67-73H2,1-3H3/b11-8-,12-9-,20-17-,21-18-,25-22-,29-26-,32-30-,47-44-,48-27-,57-54-,66-63-. The molecule has 0 heterocycles. The molecule has 1 atom stereocenters. The van der Waals surface area contributed by atoms with Gasteiger partial charge in [-0.2, -0.15) is 0 Å². The maximum Gasteiger partial charge on any atom is 0.309 e. The topological polar surface area (TPSA) is 78.9 Å². The van der Waals surface area contributed by atoms with E-state index < -0.39 is 12.1 Å². The van der Waals surface area contributed by atoms with Gasteiger partial charge in [0.1, 0.15) is 13.2 Å². The molecule has 0 spiro atoms. The second kappa shape index (κ2) is 70.0. The summed E-state index contributed by atoms with van der Waals surface area (Å²) in [5.41, 5.74) is 0. The van der Waals surface area contributed by atoms with E-state index in [1.807, 2.05) is 6.08 Å². The molecule has 0 aliphatic heterocycles. The summed E-state index contributed by atoms with van der Waals surface area (Å²) < 4.78 is 16.8. The van der Waals surface area contributed by atoms with Crippen LogP contribution >= 0.6 is 0 Å². The number of allylic oxidation sites excluding steroid dienone is 21. The lowest BCUT2D eigenvalue weighted by Gasteiger charge is -2.18. The number of ether oxygens (including phenoxy) is 3. The number of hydrogen-bond acceptors (Lipinski definition) is 6. The van der Waals surface area contributed by atoms with E-state index in [1.54, 1.807) is 6.08 Å². The van der Waals surface area contributed by atoms with Crippen LogP contribution in [-0.2, 0) is 28.6 Å². The normalized spacial score (nSPS) is 13.0. The van der Waals surface area contributed by atoms with E-state index in [0.29, 0.717) is 6.42 Å². The van der Waals surface area contributed by atoms with Gasteiger partial charge in [0.2, 0.25) is 0 Å². The van der Waals surface area contributed by atoms with Gasteiger partial charge < -0.3 is 14.2 Å². The Hall–Kier alpha value is -4.45. The number of hydrogen-bond donors (Lipinski definition) is 0. The summed E-state index contributed by atoms with van der Waals surface area (Å²) >= 11 is 0. The van der Waals surface area contributed by atoms with Crippen LogP contribution in [0.4, 0.5) is 0 Å². The molecule has 83 heavy (non-hydrogen) atoms. The Morgan fingerprint density at radius 2 is 0.518 bits per heavy atom. The van der Waals surface area contributed by atoms with Crippen LogP contribution in [0.15, 0.2) is 134 Å². The highest BCUT2D eigenvalue weighted by molar-refractivity contribution is 5.72. The zero-order valence-electron chi connectivity index (χ0n) is 54.2. The summed E-state index contributed by atoms with van der Waals surface area (Å²) in [5.74, 6) is -1.06. The zero-order chi connectivity index (χ0) is 59.9. The van der Waals surface area contributed by atoms with Crippen molar-refractivity contribution in [3.05, 3.63) is 134 Å². The molecule has 0 fully saturated rings. The molecule has 0 aromatic carbocycles. The third-order valence-electron chi connectivity index (χ3n) is 14.7. The summed E-state index contributed by atoms with van der Waals surface area (Å²) in [6, 6.07) is 0. The maximum atomic E-state index is 12.9. The van der Waals surface area contributed by atoms with Crippen LogP contribution < -0.4 is 0 Å². The maximum absolute atomic E-state index is 12.9. The van der Waals surface area contributed by atoms with Crippen molar-refractivity contribution >= 4 is 17.9 Å². The molecule has 0 aromatic heterocycles. The van der Waals surface area contributed by atoms with Crippen LogP contribution in [0.25, 0.3) is 0 Å². The minimum absolute atomic E-state index is 0.115. The van der Waals surface area contributed by atoms with Crippen LogP contribution in [0.3, 0.4) is 0 Å². The highest BCUT2D eigenvalue weighted by atomic mass is 16.6. The number of unbranched alkanes of at least 4 members (excludes halogenated alkanes) is 30. The highest BCUT2D eigenvalue weighted by Gasteiger charge is 2.19. The molecule has 0 saturated heterocycles. The van der Waals surface area contributed by atoms with Gasteiger partial charge in [-0.05, 0) is 116 Å². The first kappa shape index (κ1) is 78.5. The van der Waals surface area contributed by atoms with Crippen LogP contribution in [-0.4, -0.2) is 37.2 Å². The van der Waals surface area contributed by atoms with Crippen molar-refractivity contribution < 1.29 is 28.6 Å². The molecule has 0 rings (SSSR count). The fourth-order valence-corrected chi connectivity index (χ4v) is 9.54. The Morgan fingerprint density at radius 1 is 0.265 bits per heavy atom. The first-order valence-electron chi connectivity index (χ1n) is 34.7. The summed E-state index contributed by atoms with van der Waals surface area (Å²) in [5, 5.41) is 0. The van der Waals surface area contributed by atoms with E-state index in [1.165, 1.54) is 161 Å². The Labute approximate surface area is 513 Å². The molecule has 6 nitrogen and oxygen atoms in total. The number of esters is 3. The van der Waals surface area contributed by atoms with Gasteiger partial charge >= 0.3 is 17.9 Å². The van der Waals surface area contributed by atoms with Gasteiger partial charge in [-0.25, -0.2) is 0 Å². The molecular formula is C77H128O6. The Balaban J connectivity index is 4.31. The molecule has 0 saturated carbocycles. The second-order valence-corrected chi connectivity index (χ2v) is 22.7. The first-order valence-corrected chi connectivity index (χ1v) is 34.7. The lowest BCUT2D eigenvalue weighted by atomic mass is 10.0. The van der Waals surface area contributed by atoms with E-state index in [9.17, 15) is 14.4 Å². The van der Waals surface area contributed by atoms with E-state index in [2.05, 4.69) is 142 Å². The largest absolute Gasteiger partial charge is 0.462 e. The minimum atomic E-state index is -0.831. The second-order valence-electron chi connectivity index (χ2n) is 22.7. The van der Waals surface area contributed by atoms with Gasteiger partial charge in [0.15, 0.2) is 6.10 Å². The molecule has 0 N–H and O–H groups in total. The molecule has 0 aliphatic rings. The van der Waals surface area contributed by atoms with Crippen LogP contribution in [0.2, 0.25) is 0 Å². The fourth-order valence-electron chi connectivity index (χ4n) is 9.54. The smallest absolute Gasteiger partial charge is 0.309 e. The SMILES string of the molecule is CC/C=C\C/C=C\C/C=C\C/C=C\C/C=C\CC(=O)OCC(COC(=O)CCCCCCCCCCCCCCCCCCCCC/C=C\C/C=C\CCCCCCC)OC(=O)CCCCCCCC/C=C\C/C=C\C/C=C\C/C=C\CC. The van der Waals surface area contributed by atoms with Crippen molar-refractivity contribution in [2.75, 3.05) is 13.2 Å². The third kappa shape index (κ3) is 68.2. The van der Waals surface area contributed by atoms with Gasteiger partial charge in [0.05, 0.1) is 6.42 Å². The van der Waals surface area contributed by atoms with E-state index in [0.717, 1.165) is 116 Å². The summed E-state index contributed by atoms with van der Waals surface area (Å²) in [7, 11) is 0. The van der Waals surface area contributed by atoms with Gasteiger partial charge in [-0.3, -0.25) is 14.4 Å². The lowest BCUT2D eigenvalue weighted by Crippen LogP contribution is -2.30. The average Bonchev–Trinajstić information content (AvgIpc) is 3.50. The third-order valence-corrected chi connectivity index (χ3v) is 14.7. The quantitative estimate of drug-likeness (QED) is 0.0261. The van der Waals surface area contributed by atoms with Gasteiger partial charge in [0, 0.05) is 12.8 Å². The average molecular weight is 1150 g/mol.